The van der Waals surface area contributed by atoms with Crippen molar-refractivity contribution in [2.75, 3.05) is 0 Å². The molecule has 0 unspecified atom stereocenters. The van der Waals surface area contributed by atoms with E-state index in [1.54, 1.807) is 12.2 Å². The van der Waals surface area contributed by atoms with Crippen LogP contribution in [0.25, 0.3) is 0 Å². The number of fused-ring (bicyclic) bond motifs is 4. The number of ketones is 1. The Balaban J connectivity index is 1.29. The number of esters is 1. The lowest BCUT2D eigenvalue weighted by Gasteiger charge is -2.58. The van der Waals surface area contributed by atoms with Crippen LogP contribution in [0.4, 0.5) is 0 Å². The van der Waals surface area contributed by atoms with Crippen molar-refractivity contribution in [3.63, 3.8) is 0 Å². The number of hydrogen-bond acceptors (Lipinski definition) is 5. The SMILES string of the molecule is CC1=C(C)C(=O)O[C@@H]([C@@H](C)[C@H]2C=C[C@H]3[C@@H]4C[C@H]5O[C@]56[C@@H](O)C=CC(=O)[C@]6(C)[C@H]4CC[C@]23C)C1. The van der Waals surface area contributed by atoms with Crippen LogP contribution in [-0.2, 0) is 19.1 Å². The first-order chi connectivity index (χ1) is 15.6. The van der Waals surface area contributed by atoms with Crippen LogP contribution in [0.5, 0.6) is 0 Å². The molecule has 0 aromatic rings. The number of hydrogen-bond donors (Lipinski definition) is 1. The molecule has 6 rings (SSSR count). The minimum atomic E-state index is -0.721. The van der Waals surface area contributed by atoms with Crippen LogP contribution in [0.2, 0.25) is 0 Å². The van der Waals surface area contributed by atoms with Gasteiger partial charge in [0.15, 0.2) is 5.78 Å². The van der Waals surface area contributed by atoms with Crippen molar-refractivity contribution in [1.29, 1.82) is 0 Å². The number of cyclic esters (lactones) is 1. The Morgan fingerprint density at radius 3 is 2.64 bits per heavy atom. The fourth-order valence-electron chi connectivity index (χ4n) is 8.88. The van der Waals surface area contributed by atoms with Crippen LogP contribution >= 0.6 is 0 Å². The van der Waals surface area contributed by atoms with E-state index in [4.69, 9.17) is 9.47 Å². The Morgan fingerprint density at radius 1 is 1.15 bits per heavy atom. The molecular formula is C28H36O5. The van der Waals surface area contributed by atoms with Crippen LogP contribution in [-0.4, -0.2) is 40.8 Å². The van der Waals surface area contributed by atoms with Crippen LogP contribution in [0.3, 0.4) is 0 Å². The van der Waals surface area contributed by atoms with Gasteiger partial charge in [-0.3, -0.25) is 4.79 Å². The number of aliphatic hydroxyl groups excluding tert-OH is 1. The summed E-state index contributed by atoms with van der Waals surface area (Å²) in [6.45, 7) is 10.6. The highest BCUT2D eigenvalue weighted by molar-refractivity contribution is 5.98. The lowest BCUT2D eigenvalue weighted by Crippen LogP contribution is -2.63. The lowest BCUT2D eigenvalue weighted by molar-refractivity contribution is -0.154. The summed E-state index contributed by atoms with van der Waals surface area (Å²) in [5.74, 6) is 1.45. The molecule has 0 bridgehead atoms. The summed E-state index contributed by atoms with van der Waals surface area (Å²) in [5.41, 5.74) is 0.587. The van der Waals surface area contributed by atoms with Gasteiger partial charge < -0.3 is 14.6 Å². The molecule has 6 aliphatic rings. The first kappa shape index (κ1) is 21.8. The molecule has 0 radical (unpaired) electrons. The maximum atomic E-state index is 13.3. The topological polar surface area (TPSA) is 76.1 Å². The summed E-state index contributed by atoms with van der Waals surface area (Å²) in [5, 5.41) is 10.8. The monoisotopic (exact) mass is 452 g/mol. The first-order valence-corrected chi connectivity index (χ1v) is 12.7. The first-order valence-electron chi connectivity index (χ1n) is 12.7. The van der Waals surface area contributed by atoms with E-state index in [0.29, 0.717) is 17.8 Å². The zero-order chi connectivity index (χ0) is 23.5. The predicted molar refractivity (Wildman–Crippen MR) is 123 cm³/mol. The zero-order valence-corrected chi connectivity index (χ0v) is 20.3. The van der Waals surface area contributed by atoms with Gasteiger partial charge >= 0.3 is 5.97 Å². The van der Waals surface area contributed by atoms with E-state index in [1.165, 1.54) is 0 Å². The molecule has 33 heavy (non-hydrogen) atoms. The maximum Gasteiger partial charge on any atom is 0.333 e. The van der Waals surface area contributed by atoms with Gasteiger partial charge in [-0.15, -0.1) is 0 Å². The van der Waals surface area contributed by atoms with Gasteiger partial charge in [-0.05, 0) is 81.3 Å². The molecule has 178 valence electrons. The molecule has 3 fully saturated rings. The van der Waals surface area contributed by atoms with Crippen LogP contribution < -0.4 is 0 Å². The van der Waals surface area contributed by atoms with Gasteiger partial charge in [-0.25, -0.2) is 4.79 Å². The molecule has 1 saturated heterocycles. The Morgan fingerprint density at radius 2 is 1.91 bits per heavy atom. The fraction of sp³-hybridized carbons (Fsp3) is 0.714. The number of epoxide rings is 1. The van der Waals surface area contributed by atoms with Crippen LogP contribution in [0, 0.1) is 40.4 Å². The van der Waals surface area contributed by atoms with Crippen LogP contribution in [0.1, 0.15) is 60.3 Å². The Bertz CT molecular complexity index is 1020. The van der Waals surface area contributed by atoms with Gasteiger partial charge in [-0.2, -0.15) is 0 Å². The summed E-state index contributed by atoms with van der Waals surface area (Å²) in [4.78, 5) is 25.7. The fourth-order valence-corrected chi connectivity index (χ4v) is 8.88. The molecule has 5 heteroatoms. The van der Waals surface area contributed by atoms with Crippen molar-refractivity contribution in [3.8, 4) is 0 Å². The second-order valence-corrected chi connectivity index (χ2v) is 12.2. The summed E-state index contributed by atoms with van der Waals surface area (Å²) >= 11 is 0. The number of ether oxygens (including phenoxy) is 2. The molecule has 2 aliphatic heterocycles. The average molecular weight is 453 g/mol. The normalized spacial score (nSPS) is 53.1. The van der Waals surface area contributed by atoms with Crippen molar-refractivity contribution in [1.82, 2.24) is 0 Å². The molecule has 0 aromatic carbocycles. The molecular weight excluding hydrogens is 416 g/mol. The number of aliphatic hydroxyl groups is 1. The summed E-state index contributed by atoms with van der Waals surface area (Å²) in [6, 6.07) is 0. The highest BCUT2D eigenvalue weighted by Gasteiger charge is 2.80. The van der Waals surface area contributed by atoms with E-state index in [0.717, 1.165) is 36.8 Å². The van der Waals surface area contributed by atoms with E-state index in [-0.39, 0.29) is 41.2 Å². The van der Waals surface area contributed by atoms with Crippen molar-refractivity contribution in [3.05, 3.63) is 35.5 Å². The van der Waals surface area contributed by atoms with Gasteiger partial charge in [0.2, 0.25) is 0 Å². The molecule has 5 nitrogen and oxygen atoms in total. The maximum absolute atomic E-state index is 13.3. The quantitative estimate of drug-likeness (QED) is 0.387. The van der Waals surface area contributed by atoms with E-state index >= 15 is 0 Å². The predicted octanol–water partition coefficient (Wildman–Crippen LogP) is 4.16. The standard InChI is InChI=1S/C28H36O5/c1-14-12-21(32-25(31)15(14)2)16(3)18-6-7-19-17-13-24-28(33-24)23(30)9-8-22(29)27(28,5)20(17)10-11-26(18,19)4/h6-9,16-21,23-24,30H,10-13H2,1-5H3/t16-,17-,18+,19-,20-,21+,23-,24+,26+,27-,28+/m0/s1. The largest absolute Gasteiger partial charge is 0.458 e. The van der Waals surface area contributed by atoms with Crippen molar-refractivity contribution >= 4 is 11.8 Å². The molecule has 11 atom stereocenters. The minimum absolute atomic E-state index is 0.0464. The summed E-state index contributed by atoms with van der Waals surface area (Å²) in [7, 11) is 0. The van der Waals surface area contributed by atoms with E-state index < -0.39 is 17.1 Å². The van der Waals surface area contributed by atoms with Crippen molar-refractivity contribution in [2.45, 2.75) is 84.2 Å². The van der Waals surface area contributed by atoms with Gasteiger partial charge in [0.05, 0.1) is 11.5 Å². The molecule has 0 aromatic heterocycles. The van der Waals surface area contributed by atoms with Gasteiger partial charge in [0, 0.05) is 17.9 Å². The van der Waals surface area contributed by atoms with Crippen molar-refractivity contribution in [2.24, 2.45) is 40.4 Å². The Kier molecular flexibility index (Phi) is 4.42. The van der Waals surface area contributed by atoms with Crippen LogP contribution in [0.15, 0.2) is 35.5 Å². The van der Waals surface area contributed by atoms with Gasteiger partial charge in [0.25, 0.3) is 0 Å². The zero-order valence-electron chi connectivity index (χ0n) is 20.3. The number of rotatable bonds is 2. The highest BCUT2D eigenvalue weighted by atomic mass is 16.6. The Labute approximate surface area is 196 Å². The molecule has 2 heterocycles. The molecule has 2 saturated carbocycles. The highest BCUT2D eigenvalue weighted by Crippen LogP contribution is 2.72. The average Bonchev–Trinajstić information content (AvgIpc) is 3.41. The second-order valence-electron chi connectivity index (χ2n) is 12.2. The summed E-state index contributed by atoms with van der Waals surface area (Å²) < 4.78 is 12.1. The van der Waals surface area contributed by atoms with E-state index in [2.05, 4.69) is 32.9 Å². The molecule has 1 N–H and O–H groups in total. The van der Waals surface area contributed by atoms with Crippen molar-refractivity contribution < 1.29 is 24.2 Å². The third-order valence-corrected chi connectivity index (χ3v) is 11.1. The van der Waals surface area contributed by atoms with Gasteiger partial charge in [-0.1, -0.05) is 31.6 Å². The third-order valence-electron chi connectivity index (χ3n) is 11.1. The molecule has 1 spiro atoms. The Hall–Kier alpha value is -1.72. The molecule has 0 amide bonds. The molecule has 4 aliphatic carbocycles. The van der Waals surface area contributed by atoms with Gasteiger partial charge in [0.1, 0.15) is 17.8 Å². The second kappa shape index (κ2) is 6.69. The minimum Gasteiger partial charge on any atom is -0.458 e. The summed E-state index contributed by atoms with van der Waals surface area (Å²) in [6.07, 6.45) is 10.9. The third kappa shape index (κ3) is 2.51. The number of allylic oxidation sites excluding steroid dienone is 3. The number of carbonyl (C=O) groups is 2. The number of carbonyl (C=O) groups excluding carboxylic acids is 2. The smallest absolute Gasteiger partial charge is 0.333 e. The van der Waals surface area contributed by atoms with E-state index in [1.807, 2.05) is 13.8 Å². The van der Waals surface area contributed by atoms with E-state index in [9.17, 15) is 14.7 Å². The lowest BCUT2D eigenvalue weighted by atomic mass is 9.44.